The van der Waals surface area contributed by atoms with E-state index < -0.39 is 0 Å². The summed E-state index contributed by atoms with van der Waals surface area (Å²) in [5.41, 5.74) is 5.62. The molecule has 1 unspecified atom stereocenters. The van der Waals surface area contributed by atoms with Gasteiger partial charge < -0.3 is 10.2 Å². The summed E-state index contributed by atoms with van der Waals surface area (Å²) >= 11 is 0. The first-order valence-corrected chi connectivity index (χ1v) is 6.14. The Morgan fingerprint density at radius 3 is 2.38 bits per heavy atom. The van der Waals surface area contributed by atoms with Crippen LogP contribution in [0.25, 0.3) is 0 Å². The van der Waals surface area contributed by atoms with Crippen molar-refractivity contribution in [1.29, 1.82) is 0 Å². The van der Waals surface area contributed by atoms with Crippen LogP contribution in [0.5, 0.6) is 0 Å². The van der Waals surface area contributed by atoms with Gasteiger partial charge >= 0.3 is 0 Å². The number of nitrogens with one attached hydrogen (secondary N) is 1. The molecule has 1 saturated heterocycles. The first-order chi connectivity index (χ1) is 7.58. The van der Waals surface area contributed by atoms with Gasteiger partial charge in [-0.1, -0.05) is 17.7 Å². The minimum absolute atomic E-state index is 0.592. The lowest BCUT2D eigenvalue weighted by molar-refractivity contribution is 0.484. The third-order valence-corrected chi connectivity index (χ3v) is 3.32. The molecule has 1 N–H and O–H groups in total. The molecule has 1 aromatic rings. The van der Waals surface area contributed by atoms with Crippen LogP contribution in [0.3, 0.4) is 0 Å². The fourth-order valence-corrected chi connectivity index (χ4v) is 2.81. The van der Waals surface area contributed by atoms with Gasteiger partial charge in [-0.05, 0) is 38.8 Å². The molecular formula is C14H22N2. The first kappa shape index (κ1) is 11.5. The van der Waals surface area contributed by atoms with Crippen LogP contribution in [-0.4, -0.2) is 25.7 Å². The highest BCUT2D eigenvalue weighted by Gasteiger charge is 2.18. The standard InChI is InChI=1S/C14H22N2/c1-10-7-11(2)14(12(3)8-10)16-6-5-15-13(4)9-16/h7-8,13,15H,5-6,9H2,1-4H3. The summed E-state index contributed by atoms with van der Waals surface area (Å²) in [6.07, 6.45) is 0. The number of piperazine rings is 1. The molecule has 16 heavy (non-hydrogen) atoms. The van der Waals surface area contributed by atoms with E-state index >= 15 is 0 Å². The topological polar surface area (TPSA) is 15.3 Å². The molecule has 2 heteroatoms. The molecule has 0 saturated carbocycles. The van der Waals surface area contributed by atoms with Crippen LogP contribution in [-0.2, 0) is 0 Å². The van der Waals surface area contributed by atoms with E-state index in [0.717, 1.165) is 19.6 Å². The van der Waals surface area contributed by atoms with Gasteiger partial charge in [0, 0.05) is 31.4 Å². The second kappa shape index (κ2) is 4.46. The van der Waals surface area contributed by atoms with E-state index in [4.69, 9.17) is 0 Å². The molecule has 1 heterocycles. The summed E-state index contributed by atoms with van der Waals surface area (Å²) in [5.74, 6) is 0. The molecule has 0 amide bonds. The number of benzene rings is 1. The van der Waals surface area contributed by atoms with Crippen molar-refractivity contribution in [1.82, 2.24) is 5.32 Å². The second-order valence-corrected chi connectivity index (χ2v) is 5.05. The normalized spacial score (nSPS) is 21.2. The van der Waals surface area contributed by atoms with Crippen LogP contribution in [0.15, 0.2) is 12.1 Å². The van der Waals surface area contributed by atoms with Crippen molar-refractivity contribution in [3.05, 3.63) is 28.8 Å². The van der Waals surface area contributed by atoms with Gasteiger partial charge in [-0.15, -0.1) is 0 Å². The Balaban J connectivity index is 2.32. The highest BCUT2D eigenvalue weighted by atomic mass is 15.2. The number of rotatable bonds is 1. The zero-order valence-corrected chi connectivity index (χ0v) is 10.8. The molecular weight excluding hydrogens is 196 g/mol. The van der Waals surface area contributed by atoms with Crippen molar-refractivity contribution < 1.29 is 0 Å². The summed E-state index contributed by atoms with van der Waals surface area (Å²) < 4.78 is 0. The molecule has 88 valence electrons. The van der Waals surface area contributed by atoms with Crippen LogP contribution < -0.4 is 10.2 Å². The molecule has 0 bridgehead atoms. The van der Waals surface area contributed by atoms with Crippen LogP contribution in [0.4, 0.5) is 5.69 Å². The number of nitrogens with zero attached hydrogens (tertiary/aromatic N) is 1. The van der Waals surface area contributed by atoms with Gasteiger partial charge in [0.2, 0.25) is 0 Å². The van der Waals surface area contributed by atoms with Crippen molar-refractivity contribution in [2.45, 2.75) is 33.7 Å². The lowest BCUT2D eigenvalue weighted by Gasteiger charge is -2.35. The molecule has 1 aliphatic rings. The number of anilines is 1. The van der Waals surface area contributed by atoms with Gasteiger partial charge in [-0.2, -0.15) is 0 Å². The zero-order chi connectivity index (χ0) is 11.7. The molecule has 1 aromatic carbocycles. The molecule has 1 fully saturated rings. The fraction of sp³-hybridized carbons (Fsp3) is 0.571. The SMILES string of the molecule is Cc1cc(C)c(N2CCNC(C)C2)c(C)c1. The maximum absolute atomic E-state index is 3.49. The average molecular weight is 218 g/mol. The zero-order valence-electron chi connectivity index (χ0n) is 10.8. The van der Waals surface area contributed by atoms with Gasteiger partial charge in [-0.25, -0.2) is 0 Å². The monoisotopic (exact) mass is 218 g/mol. The fourth-order valence-electron chi connectivity index (χ4n) is 2.81. The Hall–Kier alpha value is -1.02. The summed E-state index contributed by atoms with van der Waals surface area (Å²) in [6, 6.07) is 5.17. The minimum Gasteiger partial charge on any atom is -0.368 e. The Kier molecular flexibility index (Phi) is 3.20. The summed E-state index contributed by atoms with van der Waals surface area (Å²) in [4.78, 5) is 2.52. The molecule has 1 atom stereocenters. The quantitative estimate of drug-likeness (QED) is 0.778. The maximum Gasteiger partial charge on any atom is 0.0426 e. The van der Waals surface area contributed by atoms with E-state index in [9.17, 15) is 0 Å². The van der Waals surface area contributed by atoms with Crippen molar-refractivity contribution in [3.63, 3.8) is 0 Å². The largest absolute Gasteiger partial charge is 0.368 e. The molecule has 0 aromatic heterocycles. The van der Waals surface area contributed by atoms with E-state index in [0.29, 0.717) is 6.04 Å². The summed E-state index contributed by atoms with van der Waals surface area (Å²) in [5, 5.41) is 3.49. The summed E-state index contributed by atoms with van der Waals surface area (Å²) in [6.45, 7) is 12.2. The van der Waals surface area contributed by atoms with E-state index in [1.165, 1.54) is 22.4 Å². The lowest BCUT2D eigenvalue weighted by Crippen LogP contribution is -2.49. The minimum atomic E-state index is 0.592. The van der Waals surface area contributed by atoms with Gasteiger partial charge in [0.05, 0.1) is 0 Å². The second-order valence-electron chi connectivity index (χ2n) is 5.05. The Labute approximate surface area is 98.7 Å². The Morgan fingerprint density at radius 1 is 1.19 bits per heavy atom. The molecule has 1 aliphatic heterocycles. The molecule has 0 radical (unpaired) electrons. The van der Waals surface area contributed by atoms with E-state index in [2.05, 4.69) is 50.0 Å². The third kappa shape index (κ3) is 2.22. The number of hydrogen-bond acceptors (Lipinski definition) is 2. The Morgan fingerprint density at radius 2 is 1.81 bits per heavy atom. The highest BCUT2D eigenvalue weighted by Crippen LogP contribution is 2.26. The predicted octanol–water partition coefficient (Wildman–Crippen LogP) is 2.41. The van der Waals surface area contributed by atoms with Gasteiger partial charge in [0.25, 0.3) is 0 Å². The molecule has 2 nitrogen and oxygen atoms in total. The maximum atomic E-state index is 3.49. The molecule has 0 spiro atoms. The van der Waals surface area contributed by atoms with Crippen LogP contribution in [0.1, 0.15) is 23.6 Å². The van der Waals surface area contributed by atoms with E-state index in [1.54, 1.807) is 0 Å². The van der Waals surface area contributed by atoms with Crippen molar-refractivity contribution in [3.8, 4) is 0 Å². The van der Waals surface area contributed by atoms with Crippen LogP contribution >= 0.6 is 0 Å². The van der Waals surface area contributed by atoms with Crippen molar-refractivity contribution >= 4 is 5.69 Å². The van der Waals surface area contributed by atoms with E-state index in [1.807, 2.05) is 0 Å². The molecule has 2 rings (SSSR count). The number of hydrogen-bond donors (Lipinski definition) is 1. The first-order valence-electron chi connectivity index (χ1n) is 6.14. The van der Waals surface area contributed by atoms with Crippen LogP contribution in [0, 0.1) is 20.8 Å². The van der Waals surface area contributed by atoms with Gasteiger partial charge in [-0.3, -0.25) is 0 Å². The third-order valence-electron chi connectivity index (χ3n) is 3.32. The predicted molar refractivity (Wildman–Crippen MR) is 70.3 cm³/mol. The van der Waals surface area contributed by atoms with Gasteiger partial charge in [0.15, 0.2) is 0 Å². The van der Waals surface area contributed by atoms with Crippen LogP contribution in [0.2, 0.25) is 0 Å². The Bertz CT molecular complexity index is 361. The number of aryl methyl sites for hydroxylation is 3. The van der Waals surface area contributed by atoms with Crippen molar-refractivity contribution in [2.24, 2.45) is 0 Å². The highest BCUT2D eigenvalue weighted by molar-refractivity contribution is 5.60. The van der Waals surface area contributed by atoms with E-state index in [-0.39, 0.29) is 0 Å². The average Bonchev–Trinajstić information content (AvgIpc) is 2.15. The molecule has 0 aliphatic carbocycles. The smallest absolute Gasteiger partial charge is 0.0426 e. The van der Waals surface area contributed by atoms with Gasteiger partial charge in [0.1, 0.15) is 0 Å². The lowest BCUT2D eigenvalue weighted by atomic mass is 10.0. The van der Waals surface area contributed by atoms with Crippen molar-refractivity contribution in [2.75, 3.05) is 24.5 Å². The summed E-state index contributed by atoms with van der Waals surface area (Å²) in [7, 11) is 0.